The molecular weight excluding hydrogens is 292 g/mol. The fourth-order valence-corrected chi connectivity index (χ4v) is 2.36. The van der Waals surface area contributed by atoms with E-state index in [-0.39, 0.29) is 5.91 Å². The lowest BCUT2D eigenvalue weighted by Crippen LogP contribution is -2.17. The first kappa shape index (κ1) is 14.7. The predicted molar refractivity (Wildman–Crippen MR) is 87.5 cm³/mol. The van der Waals surface area contributed by atoms with Crippen molar-refractivity contribution in [1.82, 2.24) is 4.98 Å². The van der Waals surface area contributed by atoms with Crippen LogP contribution in [-0.4, -0.2) is 24.0 Å². The van der Waals surface area contributed by atoms with Gasteiger partial charge in [0.25, 0.3) is 5.91 Å². The number of esters is 1. The molecular formula is C18H14N2O3. The van der Waals surface area contributed by atoms with Crippen LogP contribution in [0.2, 0.25) is 0 Å². The summed E-state index contributed by atoms with van der Waals surface area (Å²) in [6, 6.07) is 16.0. The third-order valence-corrected chi connectivity index (χ3v) is 3.47. The van der Waals surface area contributed by atoms with Crippen LogP contribution in [0.5, 0.6) is 0 Å². The molecule has 0 saturated heterocycles. The van der Waals surface area contributed by atoms with Crippen LogP contribution in [-0.2, 0) is 4.74 Å². The molecule has 0 aliphatic carbocycles. The summed E-state index contributed by atoms with van der Waals surface area (Å²) in [6.45, 7) is 0. The molecule has 0 aliphatic heterocycles. The Morgan fingerprint density at radius 1 is 1.00 bits per heavy atom. The van der Waals surface area contributed by atoms with Gasteiger partial charge in [0.2, 0.25) is 0 Å². The van der Waals surface area contributed by atoms with Crippen LogP contribution in [0.15, 0.2) is 60.8 Å². The van der Waals surface area contributed by atoms with Crippen LogP contribution in [0.3, 0.4) is 0 Å². The van der Waals surface area contributed by atoms with E-state index in [9.17, 15) is 9.59 Å². The second-order valence-electron chi connectivity index (χ2n) is 4.87. The number of rotatable bonds is 3. The summed E-state index contributed by atoms with van der Waals surface area (Å²) in [5.41, 5.74) is 0.991. The van der Waals surface area contributed by atoms with Crippen molar-refractivity contribution in [3.8, 4) is 0 Å². The van der Waals surface area contributed by atoms with Crippen LogP contribution < -0.4 is 5.32 Å². The van der Waals surface area contributed by atoms with Crippen molar-refractivity contribution < 1.29 is 14.3 Å². The van der Waals surface area contributed by atoms with E-state index in [1.54, 1.807) is 30.5 Å². The van der Waals surface area contributed by atoms with Gasteiger partial charge in [0.05, 0.1) is 18.4 Å². The Balaban J connectivity index is 1.98. The average Bonchev–Trinajstić information content (AvgIpc) is 2.61. The summed E-state index contributed by atoms with van der Waals surface area (Å²) in [5.74, 6) is -0.884. The van der Waals surface area contributed by atoms with Crippen molar-refractivity contribution in [2.24, 2.45) is 0 Å². The number of fused-ring (bicyclic) bond motifs is 1. The van der Waals surface area contributed by atoms with E-state index in [2.05, 4.69) is 10.3 Å². The smallest absolute Gasteiger partial charge is 0.339 e. The number of carbonyl (C=O) groups excluding carboxylic acids is 2. The highest BCUT2D eigenvalue weighted by Gasteiger charge is 2.16. The van der Waals surface area contributed by atoms with E-state index < -0.39 is 5.97 Å². The molecule has 0 atom stereocenters. The standard InChI is InChI=1S/C18H14N2O3/c1-23-18(22)14-8-4-5-9-15(14)20-17(21)16-13-7-3-2-6-12(13)10-11-19-16/h2-11H,1H3,(H,20,21). The van der Waals surface area contributed by atoms with Crippen molar-refractivity contribution in [2.45, 2.75) is 0 Å². The number of methoxy groups -OCH3 is 1. The predicted octanol–water partition coefficient (Wildman–Crippen LogP) is 3.27. The number of hydrogen-bond acceptors (Lipinski definition) is 4. The number of anilines is 1. The monoisotopic (exact) mass is 306 g/mol. The number of nitrogens with zero attached hydrogens (tertiary/aromatic N) is 1. The Bertz CT molecular complexity index is 885. The maximum Gasteiger partial charge on any atom is 0.339 e. The lowest BCUT2D eigenvalue weighted by molar-refractivity contribution is 0.0602. The lowest BCUT2D eigenvalue weighted by atomic mass is 10.1. The van der Waals surface area contributed by atoms with Crippen molar-refractivity contribution in [3.05, 3.63) is 72.1 Å². The van der Waals surface area contributed by atoms with Crippen molar-refractivity contribution in [2.75, 3.05) is 12.4 Å². The van der Waals surface area contributed by atoms with Gasteiger partial charge >= 0.3 is 5.97 Å². The molecule has 114 valence electrons. The zero-order valence-electron chi connectivity index (χ0n) is 12.4. The van der Waals surface area contributed by atoms with E-state index >= 15 is 0 Å². The fourth-order valence-electron chi connectivity index (χ4n) is 2.36. The van der Waals surface area contributed by atoms with Gasteiger partial charge in [-0.2, -0.15) is 0 Å². The first-order valence-corrected chi connectivity index (χ1v) is 7.03. The summed E-state index contributed by atoms with van der Waals surface area (Å²) in [4.78, 5) is 28.5. The minimum absolute atomic E-state index is 0.295. The van der Waals surface area contributed by atoms with E-state index in [0.717, 1.165) is 10.8 Å². The third kappa shape index (κ3) is 2.89. The Morgan fingerprint density at radius 2 is 1.74 bits per heavy atom. The van der Waals surface area contributed by atoms with E-state index in [4.69, 9.17) is 4.74 Å². The highest BCUT2D eigenvalue weighted by Crippen LogP contribution is 2.20. The zero-order chi connectivity index (χ0) is 16.2. The third-order valence-electron chi connectivity index (χ3n) is 3.47. The van der Waals surface area contributed by atoms with Crippen molar-refractivity contribution >= 4 is 28.3 Å². The van der Waals surface area contributed by atoms with Gasteiger partial charge in [-0.05, 0) is 23.6 Å². The van der Waals surface area contributed by atoms with E-state index in [1.807, 2.05) is 30.3 Å². The molecule has 0 spiro atoms. The molecule has 5 heteroatoms. The first-order chi connectivity index (χ1) is 11.2. The number of ether oxygens (including phenoxy) is 1. The number of carbonyl (C=O) groups is 2. The molecule has 0 fully saturated rings. The minimum atomic E-state index is -0.508. The zero-order valence-corrected chi connectivity index (χ0v) is 12.4. The van der Waals surface area contributed by atoms with Gasteiger partial charge in [-0.25, -0.2) is 4.79 Å². The van der Waals surface area contributed by atoms with Crippen LogP contribution in [0.25, 0.3) is 10.8 Å². The summed E-state index contributed by atoms with van der Waals surface area (Å²) >= 11 is 0. The number of benzene rings is 2. The van der Waals surface area contributed by atoms with Crippen molar-refractivity contribution in [3.63, 3.8) is 0 Å². The minimum Gasteiger partial charge on any atom is -0.465 e. The van der Waals surface area contributed by atoms with Crippen LogP contribution in [0.1, 0.15) is 20.8 Å². The van der Waals surface area contributed by atoms with E-state index in [1.165, 1.54) is 7.11 Å². The topological polar surface area (TPSA) is 68.3 Å². The quantitative estimate of drug-likeness (QED) is 0.754. The number of pyridine rings is 1. The maximum absolute atomic E-state index is 12.6. The number of hydrogen-bond donors (Lipinski definition) is 1. The summed E-state index contributed by atoms with van der Waals surface area (Å²) in [7, 11) is 1.30. The lowest BCUT2D eigenvalue weighted by Gasteiger charge is -2.10. The molecule has 0 radical (unpaired) electrons. The summed E-state index contributed by atoms with van der Waals surface area (Å²) < 4.78 is 4.73. The fraction of sp³-hybridized carbons (Fsp3) is 0.0556. The van der Waals surface area contributed by atoms with Gasteiger partial charge in [0, 0.05) is 11.6 Å². The average molecular weight is 306 g/mol. The van der Waals surface area contributed by atoms with Crippen molar-refractivity contribution in [1.29, 1.82) is 0 Å². The maximum atomic E-state index is 12.6. The number of aromatic nitrogens is 1. The Labute approximate surface area is 132 Å². The highest BCUT2D eigenvalue weighted by molar-refractivity contribution is 6.13. The summed E-state index contributed by atoms with van der Waals surface area (Å²) in [6.07, 6.45) is 1.59. The SMILES string of the molecule is COC(=O)c1ccccc1NC(=O)c1nccc2ccccc12. The Kier molecular flexibility index (Phi) is 4.01. The molecule has 0 unspecified atom stereocenters. The number of amides is 1. The van der Waals surface area contributed by atoms with E-state index in [0.29, 0.717) is 16.9 Å². The molecule has 1 N–H and O–H groups in total. The summed E-state index contributed by atoms with van der Waals surface area (Å²) in [5, 5.41) is 4.41. The van der Waals surface area contributed by atoms with Gasteiger partial charge in [0.1, 0.15) is 5.69 Å². The van der Waals surface area contributed by atoms with Gasteiger partial charge in [-0.15, -0.1) is 0 Å². The van der Waals surface area contributed by atoms with Crippen LogP contribution in [0, 0.1) is 0 Å². The second kappa shape index (κ2) is 6.27. The van der Waals surface area contributed by atoms with Crippen LogP contribution >= 0.6 is 0 Å². The molecule has 0 saturated carbocycles. The van der Waals surface area contributed by atoms with Gasteiger partial charge < -0.3 is 10.1 Å². The molecule has 2 aromatic carbocycles. The number of para-hydroxylation sites is 1. The van der Waals surface area contributed by atoms with Gasteiger partial charge in [-0.3, -0.25) is 9.78 Å². The molecule has 0 aliphatic rings. The highest BCUT2D eigenvalue weighted by atomic mass is 16.5. The molecule has 3 aromatic rings. The van der Waals surface area contributed by atoms with Crippen LogP contribution in [0.4, 0.5) is 5.69 Å². The molecule has 5 nitrogen and oxygen atoms in total. The molecule has 0 bridgehead atoms. The molecule has 1 aromatic heterocycles. The molecule has 1 heterocycles. The van der Waals surface area contributed by atoms with Gasteiger partial charge in [0.15, 0.2) is 0 Å². The molecule has 1 amide bonds. The first-order valence-electron chi connectivity index (χ1n) is 7.03. The largest absolute Gasteiger partial charge is 0.465 e. The second-order valence-corrected chi connectivity index (χ2v) is 4.87. The number of nitrogens with one attached hydrogen (secondary N) is 1. The van der Waals surface area contributed by atoms with Gasteiger partial charge in [-0.1, -0.05) is 36.4 Å². The Morgan fingerprint density at radius 3 is 2.57 bits per heavy atom. The Hall–Kier alpha value is -3.21. The normalized spacial score (nSPS) is 10.3. The molecule has 3 rings (SSSR count). The molecule has 23 heavy (non-hydrogen) atoms.